The third kappa shape index (κ3) is 4.87. The molecule has 3 aromatic carbocycles. The van der Waals surface area contributed by atoms with E-state index in [2.05, 4.69) is 10.3 Å². The highest BCUT2D eigenvalue weighted by molar-refractivity contribution is 7.92. The summed E-state index contributed by atoms with van der Waals surface area (Å²) in [7, 11) is -3.82. The summed E-state index contributed by atoms with van der Waals surface area (Å²) in [5.74, 6) is -0.342. The first-order valence-corrected chi connectivity index (χ1v) is 12.4. The molecule has 0 bridgehead atoms. The maximum absolute atomic E-state index is 13.3. The number of imidazole rings is 1. The Bertz CT molecular complexity index is 1350. The van der Waals surface area contributed by atoms with Gasteiger partial charge in [-0.3, -0.25) is 9.10 Å². The Hall–Kier alpha value is -3.91. The number of nitrogens with zero attached hydrogens (tertiary/aromatic N) is 3. The fraction of sp³-hybridized carbons (Fsp3) is 0.154. The number of aromatic nitrogens is 2. The van der Waals surface area contributed by atoms with Crippen molar-refractivity contribution in [2.45, 2.75) is 24.8 Å². The van der Waals surface area contributed by atoms with Crippen LogP contribution in [0.25, 0.3) is 5.69 Å². The van der Waals surface area contributed by atoms with Gasteiger partial charge in [0.05, 0.1) is 23.0 Å². The van der Waals surface area contributed by atoms with Gasteiger partial charge in [0, 0.05) is 30.2 Å². The minimum absolute atomic E-state index is 0.0724. The summed E-state index contributed by atoms with van der Waals surface area (Å²) in [6.07, 6.45) is 5.29. The molecule has 0 unspecified atom stereocenters. The quantitative estimate of drug-likeness (QED) is 0.405. The Morgan fingerprint density at radius 1 is 1.03 bits per heavy atom. The monoisotopic (exact) mass is 474 g/mol. The molecule has 8 heteroatoms. The van der Waals surface area contributed by atoms with Crippen molar-refractivity contribution in [3.05, 3.63) is 109 Å². The van der Waals surface area contributed by atoms with E-state index in [1.807, 2.05) is 48.0 Å². The zero-order chi connectivity index (χ0) is 24.1. The lowest BCUT2D eigenvalue weighted by Crippen LogP contribution is -2.31. The molecule has 1 aromatic heterocycles. The minimum Gasteiger partial charge on any atom is -0.346 e. The van der Waals surface area contributed by atoms with Gasteiger partial charge >= 0.3 is 0 Å². The summed E-state index contributed by atoms with van der Waals surface area (Å²) in [5.41, 5.74) is 2.76. The van der Waals surface area contributed by atoms with Crippen molar-refractivity contribution < 1.29 is 13.2 Å². The number of hydrogen-bond donors (Lipinski definition) is 1. The van der Waals surface area contributed by atoms with Crippen LogP contribution in [-0.2, 0) is 10.0 Å². The zero-order valence-corrected chi connectivity index (χ0v) is 19.8. The van der Waals surface area contributed by atoms with E-state index in [4.69, 9.17) is 0 Å². The highest BCUT2D eigenvalue weighted by Crippen LogP contribution is 2.24. The number of carbonyl (C=O) groups is 1. The molecule has 1 heterocycles. The molecule has 0 saturated heterocycles. The number of sulfonamides is 1. The topological polar surface area (TPSA) is 84.3 Å². The van der Waals surface area contributed by atoms with Crippen LogP contribution < -0.4 is 9.62 Å². The molecule has 1 amide bonds. The summed E-state index contributed by atoms with van der Waals surface area (Å²) in [6.45, 7) is 3.94. The van der Waals surface area contributed by atoms with E-state index in [9.17, 15) is 13.2 Å². The van der Waals surface area contributed by atoms with E-state index < -0.39 is 10.0 Å². The molecule has 0 aliphatic rings. The van der Waals surface area contributed by atoms with Crippen molar-refractivity contribution in [3.8, 4) is 5.69 Å². The van der Waals surface area contributed by atoms with E-state index in [-0.39, 0.29) is 29.0 Å². The minimum atomic E-state index is -3.82. The van der Waals surface area contributed by atoms with Gasteiger partial charge in [-0.15, -0.1) is 0 Å². The zero-order valence-electron chi connectivity index (χ0n) is 19.0. The first kappa shape index (κ1) is 23.3. The van der Waals surface area contributed by atoms with Crippen LogP contribution in [0, 0.1) is 0 Å². The van der Waals surface area contributed by atoms with Gasteiger partial charge < -0.3 is 9.88 Å². The van der Waals surface area contributed by atoms with Crippen LogP contribution in [0.1, 0.15) is 35.8 Å². The van der Waals surface area contributed by atoms with Crippen LogP contribution in [-0.4, -0.2) is 30.4 Å². The number of hydrogen-bond acceptors (Lipinski definition) is 4. The number of benzene rings is 3. The van der Waals surface area contributed by atoms with Crippen molar-refractivity contribution in [1.82, 2.24) is 14.9 Å². The van der Waals surface area contributed by atoms with Crippen LogP contribution >= 0.6 is 0 Å². The summed E-state index contributed by atoms with van der Waals surface area (Å²) < 4.78 is 29.8. The molecule has 0 radical (unpaired) electrons. The Morgan fingerprint density at radius 2 is 1.76 bits per heavy atom. The average molecular weight is 475 g/mol. The van der Waals surface area contributed by atoms with Crippen molar-refractivity contribution >= 4 is 21.6 Å². The van der Waals surface area contributed by atoms with E-state index >= 15 is 0 Å². The Kier molecular flexibility index (Phi) is 6.79. The molecule has 4 aromatic rings. The predicted molar refractivity (Wildman–Crippen MR) is 133 cm³/mol. The number of nitrogens with one attached hydrogen (secondary N) is 1. The van der Waals surface area contributed by atoms with E-state index in [0.717, 1.165) is 11.3 Å². The van der Waals surface area contributed by atoms with Crippen molar-refractivity contribution in [3.63, 3.8) is 0 Å². The predicted octanol–water partition coefficient (Wildman–Crippen LogP) is 4.58. The first-order valence-electron chi connectivity index (χ1n) is 11.0. The third-order valence-corrected chi connectivity index (χ3v) is 7.46. The largest absolute Gasteiger partial charge is 0.346 e. The normalized spacial score (nSPS) is 12.2. The number of rotatable bonds is 8. The van der Waals surface area contributed by atoms with Gasteiger partial charge in [-0.05, 0) is 61.9 Å². The highest BCUT2D eigenvalue weighted by Gasteiger charge is 2.24. The fourth-order valence-corrected chi connectivity index (χ4v) is 5.24. The van der Waals surface area contributed by atoms with Gasteiger partial charge in [-0.25, -0.2) is 13.4 Å². The van der Waals surface area contributed by atoms with Gasteiger partial charge in [0.25, 0.3) is 15.9 Å². The number of para-hydroxylation sites is 1. The Labute approximate surface area is 199 Å². The van der Waals surface area contributed by atoms with Crippen LogP contribution in [0.4, 0.5) is 5.69 Å². The second-order valence-corrected chi connectivity index (χ2v) is 9.65. The highest BCUT2D eigenvalue weighted by atomic mass is 32.2. The molecular weight excluding hydrogens is 448 g/mol. The molecule has 34 heavy (non-hydrogen) atoms. The smallest absolute Gasteiger partial charge is 0.264 e. The molecule has 0 saturated carbocycles. The summed E-state index contributed by atoms with van der Waals surface area (Å²) in [5, 5.41) is 2.95. The number of anilines is 1. The standard InChI is InChI=1S/C26H26N4O3S/c1-3-30(24-9-5-4-6-10-24)34(32,33)25-11-7-8-22(18-25)26(31)28-20(2)21-12-14-23(15-13-21)29-17-16-27-19-29/h4-20H,3H2,1-2H3,(H,28,31)/t20-/m0/s1. The third-order valence-electron chi connectivity index (χ3n) is 5.56. The van der Waals surface area contributed by atoms with E-state index in [0.29, 0.717) is 5.69 Å². The second-order valence-electron chi connectivity index (χ2n) is 7.79. The van der Waals surface area contributed by atoms with Gasteiger partial charge in [0.1, 0.15) is 0 Å². The summed E-state index contributed by atoms with van der Waals surface area (Å²) in [6, 6.07) is 22.6. The molecule has 1 atom stereocenters. The first-order chi connectivity index (χ1) is 16.4. The van der Waals surface area contributed by atoms with Crippen LogP contribution in [0.2, 0.25) is 0 Å². The Morgan fingerprint density at radius 3 is 2.41 bits per heavy atom. The van der Waals surface area contributed by atoms with Crippen molar-refractivity contribution in [2.24, 2.45) is 0 Å². The summed E-state index contributed by atoms with van der Waals surface area (Å²) >= 11 is 0. The molecule has 7 nitrogen and oxygen atoms in total. The second kappa shape index (κ2) is 9.93. The van der Waals surface area contributed by atoms with Gasteiger partial charge in [-0.2, -0.15) is 0 Å². The summed E-state index contributed by atoms with van der Waals surface area (Å²) in [4.78, 5) is 17.1. The lowest BCUT2D eigenvalue weighted by atomic mass is 10.1. The van der Waals surface area contributed by atoms with Gasteiger partial charge in [-0.1, -0.05) is 36.4 Å². The molecule has 174 valence electrons. The van der Waals surface area contributed by atoms with Crippen molar-refractivity contribution in [1.29, 1.82) is 0 Å². The Balaban J connectivity index is 1.51. The number of amides is 1. The molecule has 0 aliphatic carbocycles. The lowest BCUT2D eigenvalue weighted by molar-refractivity contribution is 0.0939. The fourth-order valence-electron chi connectivity index (χ4n) is 3.72. The average Bonchev–Trinajstić information content (AvgIpc) is 3.40. The van der Waals surface area contributed by atoms with Gasteiger partial charge in [0.2, 0.25) is 0 Å². The van der Waals surface area contributed by atoms with E-state index in [1.165, 1.54) is 16.4 Å². The molecule has 0 spiro atoms. The molecule has 4 rings (SSSR count). The maximum Gasteiger partial charge on any atom is 0.264 e. The van der Waals surface area contributed by atoms with Crippen LogP contribution in [0.15, 0.2) is 102 Å². The van der Waals surface area contributed by atoms with Crippen LogP contribution in [0.3, 0.4) is 0 Å². The van der Waals surface area contributed by atoms with Gasteiger partial charge in [0.15, 0.2) is 0 Å². The molecule has 0 aliphatic heterocycles. The lowest BCUT2D eigenvalue weighted by Gasteiger charge is -2.23. The van der Waals surface area contributed by atoms with E-state index in [1.54, 1.807) is 55.8 Å². The molecule has 0 fully saturated rings. The number of carbonyl (C=O) groups excluding carboxylic acids is 1. The SMILES string of the molecule is CCN(c1ccccc1)S(=O)(=O)c1cccc(C(=O)N[C@@H](C)c2ccc(-n3ccnc3)cc2)c1. The maximum atomic E-state index is 13.3. The van der Waals surface area contributed by atoms with Crippen LogP contribution in [0.5, 0.6) is 0 Å². The van der Waals surface area contributed by atoms with Crippen molar-refractivity contribution in [2.75, 3.05) is 10.8 Å². The molecular formula is C26H26N4O3S. The molecule has 1 N–H and O–H groups in total.